The van der Waals surface area contributed by atoms with Gasteiger partial charge in [-0.25, -0.2) is 13.4 Å². The predicted molar refractivity (Wildman–Crippen MR) is 178 cm³/mol. The first-order chi connectivity index (χ1) is 20.2. The van der Waals surface area contributed by atoms with Crippen molar-refractivity contribution in [1.29, 1.82) is 0 Å². The summed E-state index contributed by atoms with van der Waals surface area (Å²) in [5.41, 5.74) is 3.52. The molecule has 8 nitrogen and oxygen atoms in total. The van der Waals surface area contributed by atoms with Crippen molar-refractivity contribution in [3.8, 4) is 16.3 Å². The number of halogens is 1. The van der Waals surface area contributed by atoms with Gasteiger partial charge in [0.1, 0.15) is 15.8 Å². The number of hydrogen-bond donors (Lipinski definition) is 2. The van der Waals surface area contributed by atoms with Gasteiger partial charge in [0.15, 0.2) is 0 Å². The number of thiazole rings is 1. The third-order valence-corrected chi connectivity index (χ3v) is 10.9. The van der Waals surface area contributed by atoms with E-state index in [4.69, 9.17) is 9.72 Å². The molecule has 5 aromatic rings. The molecular formula is C31H31ClN4O4S3. The SMILES string of the molecule is COc1ccc(S(=O)(=O)Nc2ccccc2C(=O)Nc2sc3c(c2-c2nc4ccccc4s2)CCN(C(C)C)C3)cc1.Cl. The second kappa shape index (κ2) is 12.6. The van der Waals surface area contributed by atoms with E-state index in [0.717, 1.165) is 45.3 Å². The lowest BCUT2D eigenvalue weighted by Gasteiger charge is -2.30. The monoisotopic (exact) mass is 654 g/mol. The zero-order chi connectivity index (χ0) is 29.4. The Hall–Kier alpha value is -3.48. The molecule has 0 saturated carbocycles. The van der Waals surface area contributed by atoms with E-state index in [1.807, 2.05) is 18.2 Å². The molecule has 2 N–H and O–H groups in total. The van der Waals surface area contributed by atoms with Crippen molar-refractivity contribution in [2.75, 3.05) is 23.7 Å². The summed E-state index contributed by atoms with van der Waals surface area (Å²) < 4.78 is 35.2. The Bertz CT molecular complexity index is 1850. The minimum Gasteiger partial charge on any atom is -0.497 e. The standard InChI is InChI=1S/C31H30N4O4S3.ClH/c1-19(2)35-17-16-23-27(18-35)41-31(28(23)30-32-25-10-6-7-11-26(25)40-30)33-29(36)22-8-4-5-9-24(22)34-42(37,38)21-14-12-20(39-3)13-15-21;/h4-15,19,34H,16-18H2,1-3H3,(H,33,36);1H. The maximum absolute atomic E-state index is 13.8. The highest BCUT2D eigenvalue weighted by atomic mass is 35.5. The van der Waals surface area contributed by atoms with Gasteiger partial charge in [-0.2, -0.15) is 0 Å². The van der Waals surface area contributed by atoms with Gasteiger partial charge >= 0.3 is 0 Å². The van der Waals surface area contributed by atoms with Crippen LogP contribution in [-0.2, 0) is 23.0 Å². The van der Waals surface area contributed by atoms with E-state index < -0.39 is 15.9 Å². The summed E-state index contributed by atoms with van der Waals surface area (Å²) in [4.78, 5) is 22.4. The van der Waals surface area contributed by atoms with Crippen molar-refractivity contribution < 1.29 is 17.9 Å². The lowest BCUT2D eigenvalue weighted by atomic mass is 10.0. The number of thiophene rings is 1. The Morgan fingerprint density at radius 1 is 1.00 bits per heavy atom. The first-order valence-corrected chi connectivity index (χ1v) is 16.7. The van der Waals surface area contributed by atoms with Gasteiger partial charge in [-0.1, -0.05) is 24.3 Å². The Balaban J connectivity index is 0.00000368. The molecule has 0 spiro atoms. The van der Waals surface area contributed by atoms with E-state index in [1.54, 1.807) is 59.1 Å². The van der Waals surface area contributed by atoms with E-state index >= 15 is 0 Å². The van der Waals surface area contributed by atoms with E-state index in [9.17, 15) is 13.2 Å². The highest BCUT2D eigenvalue weighted by Gasteiger charge is 2.29. The number of aromatic nitrogens is 1. The van der Waals surface area contributed by atoms with Crippen LogP contribution in [0.4, 0.5) is 10.7 Å². The van der Waals surface area contributed by atoms with Crippen LogP contribution < -0.4 is 14.8 Å². The smallest absolute Gasteiger partial charge is 0.261 e. The maximum Gasteiger partial charge on any atom is 0.261 e. The summed E-state index contributed by atoms with van der Waals surface area (Å²) >= 11 is 3.19. The summed E-state index contributed by atoms with van der Waals surface area (Å²) in [6.45, 7) is 6.13. The van der Waals surface area contributed by atoms with Gasteiger partial charge in [0.05, 0.1) is 33.5 Å². The summed E-state index contributed by atoms with van der Waals surface area (Å²) in [7, 11) is -2.43. The van der Waals surface area contributed by atoms with Crippen LogP contribution in [0, 0.1) is 0 Å². The molecule has 1 aliphatic heterocycles. The van der Waals surface area contributed by atoms with E-state index in [-0.39, 0.29) is 28.6 Å². The number of methoxy groups -OCH3 is 1. The predicted octanol–water partition coefficient (Wildman–Crippen LogP) is 7.27. The molecule has 1 amide bonds. The minimum atomic E-state index is -3.95. The number of sulfonamides is 1. The lowest BCUT2D eigenvalue weighted by molar-refractivity contribution is 0.102. The second-order valence-corrected chi connectivity index (χ2v) is 14.1. The van der Waals surface area contributed by atoms with E-state index in [0.29, 0.717) is 11.8 Å². The van der Waals surface area contributed by atoms with Crippen LogP contribution in [0.5, 0.6) is 5.75 Å². The van der Waals surface area contributed by atoms with E-state index in [1.165, 1.54) is 29.7 Å². The molecule has 1 aliphatic rings. The normalized spacial score (nSPS) is 13.4. The summed E-state index contributed by atoms with van der Waals surface area (Å²) in [5, 5.41) is 4.72. The van der Waals surface area contributed by atoms with Gasteiger partial charge < -0.3 is 10.1 Å². The summed E-state index contributed by atoms with van der Waals surface area (Å²) in [6, 6.07) is 21.1. The fourth-order valence-electron chi connectivity index (χ4n) is 5.06. The molecule has 0 aliphatic carbocycles. The van der Waals surface area contributed by atoms with E-state index in [2.05, 4.69) is 34.9 Å². The zero-order valence-electron chi connectivity index (χ0n) is 23.8. The van der Waals surface area contributed by atoms with Crippen LogP contribution in [0.15, 0.2) is 77.7 Å². The van der Waals surface area contributed by atoms with Gasteiger partial charge in [0.2, 0.25) is 0 Å². The number of hydrogen-bond acceptors (Lipinski definition) is 8. The van der Waals surface area contributed by atoms with Gasteiger partial charge in [-0.15, -0.1) is 35.1 Å². The van der Waals surface area contributed by atoms with Gasteiger partial charge in [0, 0.05) is 29.6 Å². The van der Waals surface area contributed by atoms with Crippen LogP contribution in [0.25, 0.3) is 20.8 Å². The maximum atomic E-state index is 13.8. The molecule has 0 radical (unpaired) electrons. The van der Waals surface area contributed by atoms with Crippen LogP contribution >= 0.6 is 35.1 Å². The number of rotatable bonds is 8. The molecule has 224 valence electrons. The summed E-state index contributed by atoms with van der Waals surface area (Å²) in [6.07, 6.45) is 0.864. The highest BCUT2D eigenvalue weighted by molar-refractivity contribution is 7.92. The molecular weight excluding hydrogens is 624 g/mol. The number of fused-ring (bicyclic) bond motifs is 2. The fourth-order valence-corrected chi connectivity index (χ4v) is 8.52. The molecule has 0 fully saturated rings. The van der Waals surface area contributed by atoms with Crippen molar-refractivity contribution in [2.24, 2.45) is 0 Å². The number of ether oxygens (including phenoxy) is 1. The van der Waals surface area contributed by atoms with Crippen molar-refractivity contribution in [1.82, 2.24) is 9.88 Å². The van der Waals surface area contributed by atoms with Crippen LogP contribution in [-0.4, -0.2) is 43.9 Å². The number of nitrogens with zero attached hydrogens (tertiary/aromatic N) is 2. The minimum absolute atomic E-state index is 0. The average molecular weight is 655 g/mol. The average Bonchev–Trinajstić information content (AvgIpc) is 3.57. The first kappa shape index (κ1) is 31.0. The Labute approximate surface area is 265 Å². The zero-order valence-corrected chi connectivity index (χ0v) is 27.1. The van der Waals surface area contributed by atoms with Crippen molar-refractivity contribution in [3.63, 3.8) is 0 Å². The molecule has 3 heterocycles. The van der Waals surface area contributed by atoms with Gasteiger partial charge in [-0.05, 0) is 74.4 Å². The molecule has 0 atom stereocenters. The third-order valence-electron chi connectivity index (χ3n) is 7.34. The Morgan fingerprint density at radius 2 is 1.72 bits per heavy atom. The van der Waals surface area contributed by atoms with Crippen LogP contribution in [0.2, 0.25) is 0 Å². The van der Waals surface area contributed by atoms with Gasteiger partial charge in [0.25, 0.3) is 15.9 Å². The largest absolute Gasteiger partial charge is 0.497 e. The number of para-hydroxylation sites is 2. The number of amides is 1. The molecule has 0 saturated heterocycles. The second-order valence-electron chi connectivity index (χ2n) is 10.3. The molecule has 3 aromatic carbocycles. The number of anilines is 2. The van der Waals surface area contributed by atoms with Crippen molar-refractivity contribution in [2.45, 2.75) is 37.8 Å². The molecule has 0 bridgehead atoms. The molecule has 6 rings (SSSR count). The van der Waals surface area contributed by atoms with Crippen molar-refractivity contribution in [3.05, 3.63) is 88.8 Å². The number of carbonyl (C=O) groups is 1. The van der Waals surface area contributed by atoms with Crippen LogP contribution in [0.3, 0.4) is 0 Å². The highest BCUT2D eigenvalue weighted by Crippen LogP contribution is 2.46. The molecule has 2 aromatic heterocycles. The van der Waals surface area contributed by atoms with Crippen molar-refractivity contribution >= 4 is 71.9 Å². The first-order valence-electron chi connectivity index (χ1n) is 13.6. The topological polar surface area (TPSA) is 101 Å². The summed E-state index contributed by atoms with van der Waals surface area (Å²) in [5.74, 6) is 0.150. The fraction of sp³-hybridized carbons (Fsp3) is 0.226. The Kier molecular flexibility index (Phi) is 9.10. The quantitative estimate of drug-likeness (QED) is 0.182. The van der Waals surface area contributed by atoms with Gasteiger partial charge in [-0.3, -0.25) is 14.4 Å². The lowest BCUT2D eigenvalue weighted by Crippen LogP contribution is -2.35. The molecule has 43 heavy (non-hydrogen) atoms. The third kappa shape index (κ3) is 6.27. The molecule has 12 heteroatoms. The number of nitrogens with one attached hydrogen (secondary N) is 2. The van der Waals surface area contributed by atoms with Crippen LogP contribution in [0.1, 0.15) is 34.6 Å². The number of benzene rings is 3. The number of carbonyl (C=O) groups excluding carboxylic acids is 1. The Morgan fingerprint density at radius 3 is 2.44 bits per heavy atom. The molecule has 0 unspecified atom stereocenters.